The third kappa shape index (κ3) is 2.39. The van der Waals surface area contributed by atoms with Gasteiger partial charge in [-0.15, -0.1) is 22.7 Å². The molecule has 9 heteroatoms. The van der Waals surface area contributed by atoms with Crippen LogP contribution in [0.15, 0.2) is 35.8 Å². The Balaban J connectivity index is 1.46. The largest absolute Gasteiger partial charge is 0.497 e. The van der Waals surface area contributed by atoms with Crippen molar-refractivity contribution in [3.8, 4) is 5.75 Å². The lowest BCUT2D eigenvalue weighted by molar-refractivity contribution is 0.103. The van der Waals surface area contributed by atoms with Crippen molar-refractivity contribution in [1.29, 1.82) is 0 Å². The van der Waals surface area contributed by atoms with Gasteiger partial charge >= 0.3 is 0 Å². The Labute approximate surface area is 153 Å². The van der Waals surface area contributed by atoms with E-state index >= 15 is 0 Å². The Morgan fingerprint density at radius 2 is 2.16 bits per heavy atom. The first kappa shape index (κ1) is 14.8. The zero-order valence-electron chi connectivity index (χ0n) is 12.8. The van der Waals surface area contributed by atoms with E-state index in [1.165, 1.54) is 22.7 Å². The maximum atomic E-state index is 12.6. The first-order valence-electron chi connectivity index (χ1n) is 7.32. The van der Waals surface area contributed by atoms with Gasteiger partial charge in [-0.05, 0) is 24.3 Å². The van der Waals surface area contributed by atoms with Crippen molar-refractivity contribution in [3.05, 3.63) is 40.7 Å². The number of rotatable bonds is 3. The molecule has 4 aromatic heterocycles. The fraction of sp³-hybridized carbons (Fsp3) is 0.0625. The average molecular weight is 386 g/mol. The highest BCUT2D eigenvalue weighted by atomic mass is 32.1. The van der Waals surface area contributed by atoms with Gasteiger partial charge in [0.1, 0.15) is 10.6 Å². The number of ether oxygens (including phenoxy) is 1. The van der Waals surface area contributed by atoms with E-state index in [1.807, 2.05) is 40.2 Å². The Morgan fingerprint density at radius 1 is 1.24 bits per heavy atom. The van der Waals surface area contributed by atoms with Gasteiger partial charge in [-0.25, -0.2) is 9.97 Å². The second-order valence-corrected chi connectivity index (χ2v) is 8.21. The van der Waals surface area contributed by atoms with Crippen LogP contribution in [0.1, 0.15) is 9.67 Å². The molecule has 0 saturated carbocycles. The number of thiophene rings is 1. The maximum absolute atomic E-state index is 12.6. The summed E-state index contributed by atoms with van der Waals surface area (Å²) >= 11 is 4.39. The molecule has 0 aliphatic carbocycles. The number of amides is 1. The maximum Gasteiger partial charge on any atom is 0.267 e. The minimum atomic E-state index is -0.169. The van der Waals surface area contributed by atoms with Crippen LogP contribution < -0.4 is 10.1 Å². The van der Waals surface area contributed by atoms with Gasteiger partial charge in [-0.3, -0.25) is 14.5 Å². The fourth-order valence-corrected chi connectivity index (χ4v) is 5.19. The van der Waals surface area contributed by atoms with Crippen molar-refractivity contribution >= 4 is 70.6 Å². The molecule has 1 amide bonds. The molecule has 0 unspecified atom stereocenters. The molecule has 25 heavy (non-hydrogen) atoms. The van der Waals surface area contributed by atoms with E-state index in [0.29, 0.717) is 10.0 Å². The Hall–Kier alpha value is -2.49. The number of imidazole rings is 1. The summed E-state index contributed by atoms with van der Waals surface area (Å²) in [6, 6.07) is 7.52. The topological polar surface area (TPSA) is 68.5 Å². The molecule has 0 atom stereocenters. The lowest BCUT2D eigenvalue weighted by atomic mass is 10.3. The van der Waals surface area contributed by atoms with E-state index in [2.05, 4.69) is 15.3 Å². The molecule has 5 rings (SSSR count). The summed E-state index contributed by atoms with van der Waals surface area (Å²) in [6.45, 7) is 0. The second-order valence-electron chi connectivity index (χ2n) is 5.28. The summed E-state index contributed by atoms with van der Waals surface area (Å²) in [4.78, 5) is 24.0. The SMILES string of the molecule is COc1ccc2nc(NC(=O)c3cc4c(nc5sccn54)s3)sc2c1. The Bertz CT molecular complexity index is 1250. The number of nitrogens with one attached hydrogen (secondary N) is 1. The summed E-state index contributed by atoms with van der Waals surface area (Å²) in [7, 11) is 1.63. The van der Waals surface area contributed by atoms with E-state index in [-0.39, 0.29) is 5.91 Å². The van der Waals surface area contributed by atoms with Crippen LogP contribution in [0.2, 0.25) is 0 Å². The summed E-state index contributed by atoms with van der Waals surface area (Å²) in [5.41, 5.74) is 1.80. The molecule has 0 radical (unpaired) electrons. The summed E-state index contributed by atoms with van der Waals surface area (Å²) in [6.07, 6.45) is 1.96. The van der Waals surface area contributed by atoms with Crippen LogP contribution in [0.5, 0.6) is 5.75 Å². The summed E-state index contributed by atoms with van der Waals surface area (Å²) in [5.74, 6) is 0.604. The number of aromatic nitrogens is 3. The smallest absolute Gasteiger partial charge is 0.267 e. The normalized spacial score (nSPS) is 11.6. The molecule has 0 spiro atoms. The van der Waals surface area contributed by atoms with Crippen LogP contribution in [0, 0.1) is 0 Å². The molecule has 0 saturated heterocycles. The number of hydrogen-bond donors (Lipinski definition) is 1. The highest BCUT2D eigenvalue weighted by Gasteiger charge is 2.16. The van der Waals surface area contributed by atoms with Gasteiger partial charge in [0.05, 0.1) is 27.7 Å². The minimum Gasteiger partial charge on any atom is -0.497 e. The monoisotopic (exact) mass is 386 g/mol. The highest BCUT2D eigenvalue weighted by Crippen LogP contribution is 2.31. The molecule has 4 heterocycles. The Kier molecular flexibility index (Phi) is 3.27. The summed E-state index contributed by atoms with van der Waals surface area (Å²) in [5, 5.41) is 5.43. The van der Waals surface area contributed by atoms with Crippen LogP contribution in [-0.4, -0.2) is 27.4 Å². The third-order valence-corrected chi connectivity index (χ3v) is 6.49. The lowest BCUT2D eigenvalue weighted by Crippen LogP contribution is -2.09. The number of nitrogens with zero attached hydrogens (tertiary/aromatic N) is 3. The van der Waals surface area contributed by atoms with Gasteiger partial charge in [-0.1, -0.05) is 11.3 Å². The molecular weight excluding hydrogens is 376 g/mol. The van der Waals surface area contributed by atoms with Gasteiger partial charge in [0.25, 0.3) is 5.91 Å². The predicted molar refractivity (Wildman–Crippen MR) is 103 cm³/mol. The number of thiazole rings is 2. The second kappa shape index (κ2) is 5.51. The summed E-state index contributed by atoms with van der Waals surface area (Å²) < 4.78 is 8.19. The predicted octanol–water partition coefficient (Wildman–Crippen LogP) is 4.48. The molecule has 0 aliphatic rings. The molecular formula is C16H10N4O2S3. The van der Waals surface area contributed by atoms with Crippen molar-refractivity contribution in [3.63, 3.8) is 0 Å². The Morgan fingerprint density at radius 3 is 3.04 bits per heavy atom. The molecule has 6 nitrogen and oxygen atoms in total. The van der Waals surface area contributed by atoms with E-state index in [1.54, 1.807) is 18.4 Å². The van der Waals surface area contributed by atoms with Crippen molar-refractivity contribution < 1.29 is 9.53 Å². The van der Waals surface area contributed by atoms with E-state index in [4.69, 9.17) is 4.74 Å². The van der Waals surface area contributed by atoms with Crippen LogP contribution in [0.4, 0.5) is 5.13 Å². The zero-order valence-corrected chi connectivity index (χ0v) is 15.3. The number of fused-ring (bicyclic) bond motifs is 4. The van der Waals surface area contributed by atoms with Crippen molar-refractivity contribution in [1.82, 2.24) is 14.4 Å². The average Bonchev–Trinajstić information content (AvgIpc) is 3.33. The van der Waals surface area contributed by atoms with Gasteiger partial charge in [0.15, 0.2) is 10.1 Å². The van der Waals surface area contributed by atoms with Crippen LogP contribution in [0.3, 0.4) is 0 Å². The first-order valence-corrected chi connectivity index (χ1v) is 9.83. The third-order valence-electron chi connectivity index (χ3n) is 3.78. The van der Waals surface area contributed by atoms with Crippen LogP contribution >= 0.6 is 34.0 Å². The van der Waals surface area contributed by atoms with Crippen molar-refractivity contribution in [2.45, 2.75) is 0 Å². The molecule has 5 aromatic rings. The zero-order chi connectivity index (χ0) is 17.0. The highest BCUT2D eigenvalue weighted by molar-refractivity contribution is 7.23. The van der Waals surface area contributed by atoms with Crippen molar-refractivity contribution in [2.75, 3.05) is 12.4 Å². The number of hydrogen-bond acceptors (Lipinski definition) is 7. The number of methoxy groups -OCH3 is 1. The van der Waals surface area contributed by atoms with E-state index in [9.17, 15) is 4.79 Å². The van der Waals surface area contributed by atoms with E-state index in [0.717, 1.165) is 31.3 Å². The van der Waals surface area contributed by atoms with E-state index < -0.39 is 0 Å². The fourth-order valence-electron chi connectivity index (χ4n) is 2.60. The minimum absolute atomic E-state index is 0.169. The van der Waals surface area contributed by atoms with Gasteiger partial charge in [-0.2, -0.15) is 0 Å². The molecule has 1 N–H and O–H groups in total. The number of carbonyl (C=O) groups is 1. The van der Waals surface area contributed by atoms with Crippen molar-refractivity contribution in [2.24, 2.45) is 0 Å². The number of anilines is 1. The molecule has 0 fully saturated rings. The van der Waals surface area contributed by atoms with Crippen LogP contribution in [-0.2, 0) is 0 Å². The van der Waals surface area contributed by atoms with Crippen LogP contribution in [0.25, 0.3) is 25.5 Å². The lowest BCUT2D eigenvalue weighted by Gasteiger charge is -1.97. The molecule has 1 aromatic carbocycles. The van der Waals surface area contributed by atoms with Gasteiger partial charge < -0.3 is 4.74 Å². The standard InChI is InChI=1S/C16H10N4O2S3/c1-22-8-2-3-9-11(6-8)25-15(17-9)18-13(21)12-7-10-14(24-12)19-16-20(10)4-5-23-16/h2-7H,1H3,(H,17,18,21). The quantitative estimate of drug-likeness (QED) is 0.496. The van der Waals surface area contributed by atoms with Gasteiger partial charge in [0.2, 0.25) is 0 Å². The molecule has 124 valence electrons. The van der Waals surface area contributed by atoms with Gasteiger partial charge in [0, 0.05) is 11.6 Å². The molecule has 0 bridgehead atoms. The number of benzene rings is 1. The number of carbonyl (C=O) groups excluding carboxylic acids is 1. The first-order chi connectivity index (χ1) is 12.2. The molecule has 0 aliphatic heterocycles.